The summed E-state index contributed by atoms with van der Waals surface area (Å²) < 4.78 is 39.9. The van der Waals surface area contributed by atoms with Gasteiger partial charge in [0.1, 0.15) is 6.61 Å². The summed E-state index contributed by atoms with van der Waals surface area (Å²) in [5.41, 5.74) is 0.968. The molecule has 0 aliphatic heterocycles. The first kappa shape index (κ1) is 19.5. The first-order valence-corrected chi connectivity index (χ1v) is 7.00. The Morgan fingerprint density at radius 1 is 1.12 bits per heavy atom. The molecule has 0 radical (unpaired) electrons. The van der Waals surface area contributed by atoms with E-state index in [-0.39, 0.29) is 13.0 Å². The molecule has 0 unspecified atom stereocenters. The summed E-state index contributed by atoms with van der Waals surface area (Å²) in [7, 11) is 0. The van der Waals surface area contributed by atoms with Crippen LogP contribution in [0.4, 0.5) is 29.3 Å². The molecule has 0 aliphatic rings. The predicted molar refractivity (Wildman–Crippen MR) is 83.8 cm³/mol. The first-order chi connectivity index (χ1) is 11.3. The Balaban J connectivity index is 2.34. The molecule has 0 spiro atoms. The monoisotopic (exact) mass is 345 g/mol. The largest absolute Gasteiger partial charge is 0.411 e. The normalized spacial score (nSPS) is 10.8. The second-order valence-corrected chi connectivity index (χ2v) is 4.67. The molecule has 6 nitrogen and oxygen atoms in total. The Bertz CT molecular complexity index is 559. The minimum atomic E-state index is -4.41. The van der Waals surface area contributed by atoms with Crippen molar-refractivity contribution in [2.75, 3.05) is 30.4 Å². The zero-order chi connectivity index (χ0) is 18.0. The Hall–Kier alpha value is -2.55. The summed E-state index contributed by atoms with van der Waals surface area (Å²) in [6.07, 6.45) is -3.06. The fourth-order valence-corrected chi connectivity index (χ4v) is 1.55. The number of alkyl halides is 3. The molecular weight excluding hydrogens is 327 g/mol. The van der Waals surface area contributed by atoms with Crippen LogP contribution in [-0.2, 0) is 9.53 Å². The van der Waals surface area contributed by atoms with Crippen LogP contribution in [0.2, 0.25) is 0 Å². The standard InChI is InChI=1S/C15H18F3N3O3/c1-2-8-19-14(23)21-12-5-3-11(4-6-12)20-13(22)7-9-24-10-15(16,17)18/h2-6H,1,7-10H2,(H,20,22)(H2,19,21,23). The number of nitrogens with one attached hydrogen (secondary N) is 3. The lowest BCUT2D eigenvalue weighted by Gasteiger charge is -2.09. The number of halogens is 3. The molecule has 1 aromatic carbocycles. The Labute approximate surface area is 137 Å². The topological polar surface area (TPSA) is 79.5 Å². The van der Waals surface area contributed by atoms with Gasteiger partial charge in [-0.15, -0.1) is 6.58 Å². The van der Waals surface area contributed by atoms with Crippen LogP contribution in [0, 0.1) is 0 Å². The fourth-order valence-electron chi connectivity index (χ4n) is 1.55. The highest BCUT2D eigenvalue weighted by molar-refractivity contribution is 5.92. The first-order valence-electron chi connectivity index (χ1n) is 7.00. The van der Waals surface area contributed by atoms with E-state index in [4.69, 9.17) is 0 Å². The van der Waals surface area contributed by atoms with Crippen molar-refractivity contribution in [2.45, 2.75) is 12.6 Å². The summed E-state index contributed by atoms with van der Waals surface area (Å²) in [6, 6.07) is 5.86. The van der Waals surface area contributed by atoms with Gasteiger partial charge in [-0.05, 0) is 24.3 Å². The van der Waals surface area contributed by atoms with E-state index >= 15 is 0 Å². The maximum absolute atomic E-state index is 11.9. The third kappa shape index (κ3) is 8.79. The number of ether oxygens (including phenoxy) is 1. The average Bonchev–Trinajstić information content (AvgIpc) is 2.50. The van der Waals surface area contributed by atoms with Gasteiger partial charge in [-0.3, -0.25) is 4.79 Å². The van der Waals surface area contributed by atoms with Crippen molar-refractivity contribution >= 4 is 23.3 Å². The number of benzene rings is 1. The molecule has 0 saturated carbocycles. The van der Waals surface area contributed by atoms with Gasteiger partial charge in [0.25, 0.3) is 0 Å². The lowest BCUT2D eigenvalue weighted by molar-refractivity contribution is -0.174. The Kier molecular flexibility index (Phi) is 7.76. The summed E-state index contributed by atoms with van der Waals surface area (Å²) in [6.45, 7) is 2.09. The maximum Gasteiger partial charge on any atom is 0.411 e. The molecule has 0 atom stereocenters. The van der Waals surface area contributed by atoms with Crippen LogP contribution >= 0.6 is 0 Å². The van der Waals surface area contributed by atoms with Gasteiger partial charge >= 0.3 is 12.2 Å². The molecule has 1 aromatic rings. The highest BCUT2D eigenvalue weighted by Gasteiger charge is 2.27. The highest BCUT2D eigenvalue weighted by Crippen LogP contribution is 2.15. The molecule has 0 aliphatic carbocycles. The number of rotatable bonds is 8. The van der Waals surface area contributed by atoms with Crippen molar-refractivity contribution < 1.29 is 27.5 Å². The van der Waals surface area contributed by atoms with E-state index in [1.54, 1.807) is 24.3 Å². The molecule has 132 valence electrons. The minimum Gasteiger partial charge on any atom is -0.372 e. The van der Waals surface area contributed by atoms with Gasteiger partial charge in [0, 0.05) is 17.9 Å². The van der Waals surface area contributed by atoms with Crippen LogP contribution < -0.4 is 16.0 Å². The zero-order valence-electron chi connectivity index (χ0n) is 12.8. The van der Waals surface area contributed by atoms with E-state index in [9.17, 15) is 22.8 Å². The molecule has 0 fully saturated rings. The Morgan fingerprint density at radius 2 is 1.71 bits per heavy atom. The quantitative estimate of drug-likeness (QED) is 0.501. The van der Waals surface area contributed by atoms with Crippen molar-refractivity contribution in [1.82, 2.24) is 5.32 Å². The van der Waals surface area contributed by atoms with E-state index in [0.29, 0.717) is 17.9 Å². The number of urea groups is 1. The van der Waals surface area contributed by atoms with Gasteiger partial charge in [0.15, 0.2) is 0 Å². The smallest absolute Gasteiger partial charge is 0.372 e. The van der Waals surface area contributed by atoms with E-state index in [2.05, 4.69) is 27.3 Å². The highest BCUT2D eigenvalue weighted by atomic mass is 19.4. The SMILES string of the molecule is C=CCNC(=O)Nc1ccc(NC(=O)CCOCC(F)(F)F)cc1. The molecule has 0 bridgehead atoms. The molecule has 3 N–H and O–H groups in total. The van der Waals surface area contributed by atoms with Crippen LogP contribution in [0.3, 0.4) is 0 Å². The number of carbonyl (C=O) groups excluding carboxylic acids is 2. The number of hydrogen-bond donors (Lipinski definition) is 3. The number of carbonyl (C=O) groups is 2. The Morgan fingerprint density at radius 3 is 2.25 bits per heavy atom. The summed E-state index contributed by atoms with van der Waals surface area (Å²) in [5, 5.41) is 7.62. The van der Waals surface area contributed by atoms with Gasteiger partial charge < -0.3 is 20.7 Å². The fraction of sp³-hybridized carbons (Fsp3) is 0.333. The van der Waals surface area contributed by atoms with Crippen molar-refractivity contribution in [3.8, 4) is 0 Å². The molecule has 1 rings (SSSR count). The van der Waals surface area contributed by atoms with Gasteiger partial charge in [0.05, 0.1) is 13.0 Å². The van der Waals surface area contributed by atoms with Crippen LogP contribution in [0.5, 0.6) is 0 Å². The van der Waals surface area contributed by atoms with Gasteiger partial charge in [-0.2, -0.15) is 13.2 Å². The lowest BCUT2D eigenvalue weighted by atomic mass is 10.2. The van der Waals surface area contributed by atoms with Crippen LogP contribution in [-0.4, -0.2) is 37.9 Å². The van der Waals surface area contributed by atoms with E-state index in [1.807, 2.05) is 0 Å². The second kappa shape index (κ2) is 9.56. The summed E-state index contributed by atoms with van der Waals surface area (Å²) >= 11 is 0. The van der Waals surface area contributed by atoms with E-state index in [0.717, 1.165) is 0 Å². The lowest BCUT2D eigenvalue weighted by Crippen LogP contribution is -2.28. The molecular formula is C15H18F3N3O3. The number of anilines is 2. The molecule has 3 amide bonds. The molecule has 24 heavy (non-hydrogen) atoms. The average molecular weight is 345 g/mol. The maximum atomic E-state index is 11.9. The van der Waals surface area contributed by atoms with Crippen molar-refractivity contribution in [1.29, 1.82) is 0 Å². The minimum absolute atomic E-state index is 0.194. The van der Waals surface area contributed by atoms with Gasteiger partial charge in [0.2, 0.25) is 5.91 Å². The second-order valence-electron chi connectivity index (χ2n) is 4.67. The van der Waals surface area contributed by atoms with E-state index < -0.39 is 24.7 Å². The molecule has 0 saturated heterocycles. The van der Waals surface area contributed by atoms with Crippen molar-refractivity contribution in [2.24, 2.45) is 0 Å². The van der Waals surface area contributed by atoms with Crippen molar-refractivity contribution in [3.05, 3.63) is 36.9 Å². The molecule has 0 aromatic heterocycles. The van der Waals surface area contributed by atoms with Crippen LogP contribution in [0.25, 0.3) is 0 Å². The number of amides is 3. The van der Waals surface area contributed by atoms with Crippen LogP contribution in [0.15, 0.2) is 36.9 Å². The van der Waals surface area contributed by atoms with Crippen molar-refractivity contribution in [3.63, 3.8) is 0 Å². The van der Waals surface area contributed by atoms with Crippen LogP contribution in [0.1, 0.15) is 6.42 Å². The molecule has 9 heteroatoms. The third-order valence-electron chi connectivity index (χ3n) is 2.57. The van der Waals surface area contributed by atoms with Gasteiger partial charge in [-0.1, -0.05) is 6.08 Å². The summed E-state index contributed by atoms with van der Waals surface area (Å²) in [4.78, 5) is 23.0. The predicted octanol–water partition coefficient (Wildman–Crippen LogP) is 2.90. The number of hydrogen-bond acceptors (Lipinski definition) is 3. The van der Waals surface area contributed by atoms with E-state index in [1.165, 1.54) is 6.08 Å². The third-order valence-corrected chi connectivity index (χ3v) is 2.57. The molecule has 0 heterocycles. The summed E-state index contributed by atoms with van der Waals surface area (Å²) in [5.74, 6) is -0.471. The zero-order valence-corrected chi connectivity index (χ0v) is 12.8. The van der Waals surface area contributed by atoms with Gasteiger partial charge in [-0.25, -0.2) is 4.79 Å².